The Morgan fingerprint density at radius 3 is 2.71 bits per heavy atom. The van der Waals surface area contributed by atoms with Crippen molar-refractivity contribution in [2.24, 2.45) is 5.92 Å². The Morgan fingerprint density at radius 1 is 1.38 bits per heavy atom. The van der Waals surface area contributed by atoms with Crippen molar-refractivity contribution in [1.29, 1.82) is 0 Å². The average Bonchev–Trinajstić information content (AvgIpc) is 3.19. The van der Waals surface area contributed by atoms with Crippen LogP contribution in [0.3, 0.4) is 0 Å². The molecule has 0 aromatic heterocycles. The van der Waals surface area contributed by atoms with E-state index in [-0.39, 0.29) is 17.2 Å². The second-order valence-corrected chi connectivity index (χ2v) is 5.29. The van der Waals surface area contributed by atoms with Gasteiger partial charge in [0, 0.05) is 11.5 Å². The molecule has 0 unspecified atom stereocenters. The number of nitrogens with one attached hydrogen (secondary N) is 1. The van der Waals surface area contributed by atoms with Crippen LogP contribution in [-0.4, -0.2) is 12.3 Å². The van der Waals surface area contributed by atoms with E-state index in [0.29, 0.717) is 5.56 Å². The number of fused-ring (bicyclic) bond motifs is 1. The van der Waals surface area contributed by atoms with Crippen molar-refractivity contribution in [1.82, 2.24) is 0 Å². The number of anilines is 1. The van der Waals surface area contributed by atoms with E-state index in [1.165, 1.54) is 12.1 Å². The Kier molecular flexibility index (Phi) is 2.90. The summed E-state index contributed by atoms with van der Waals surface area (Å²) in [6.45, 7) is 1.67. The van der Waals surface area contributed by atoms with Crippen molar-refractivity contribution in [2.45, 2.75) is 31.5 Å². The zero-order chi connectivity index (χ0) is 15.3. The van der Waals surface area contributed by atoms with E-state index in [0.717, 1.165) is 12.8 Å². The van der Waals surface area contributed by atoms with Gasteiger partial charge in [0.2, 0.25) is 0 Å². The van der Waals surface area contributed by atoms with E-state index in [9.17, 15) is 18.0 Å². The molecule has 1 aliphatic carbocycles. The molecule has 1 fully saturated rings. The first-order valence-electron chi connectivity index (χ1n) is 6.52. The van der Waals surface area contributed by atoms with Crippen LogP contribution in [0.1, 0.15) is 24.0 Å². The average molecular weight is 295 g/mol. The highest BCUT2D eigenvalue weighted by atomic mass is 19.4. The number of rotatable bonds is 0. The van der Waals surface area contributed by atoms with Crippen LogP contribution >= 0.6 is 0 Å². The fourth-order valence-corrected chi connectivity index (χ4v) is 2.19. The van der Waals surface area contributed by atoms with Gasteiger partial charge in [-0.3, -0.25) is 5.32 Å². The van der Waals surface area contributed by atoms with Gasteiger partial charge in [-0.1, -0.05) is 17.6 Å². The summed E-state index contributed by atoms with van der Waals surface area (Å²) in [5, 5.41) is 2.29. The first kappa shape index (κ1) is 13.8. The Morgan fingerprint density at radius 2 is 2.10 bits per heavy atom. The zero-order valence-electron chi connectivity index (χ0n) is 11.2. The van der Waals surface area contributed by atoms with Crippen molar-refractivity contribution in [3.63, 3.8) is 0 Å². The van der Waals surface area contributed by atoms with E-state index < -0.39 is 17.9 Å². The molecule has 1 N–H and O–H groups in total. The van der Waals surface area contributed by atoms with Gasteiger partial charge < -0.3 is 4.74 Å². The van der Waals surface area contributed by atoms with Crippen LogP contribution < -0.4 is 5.32 Å². The molecule has 110 valence electrons. The smallest absolute Gasteiger partial charge is 0.415 e. The minimum atomic E-state index is -4.81. The number of amides is 1. The number of aryl methyl sites for hydroxylation is 1. The molecule has 6 heteroatoms. The molecule has 3 rings (SSSR count). The van der Waals surface area contributed by atoms with E-state index in [2.05, 4.69) is 21.9 Å². The first-order chi connectivity index (χ1) is 9.82. The summed E-state index contributed by atoms with van der Waals surface area (Å²) in [6, 6.07) is 4.41. The predicted octanol–water partition coefficient (Wildman–Crippen LogP) is 3.73. The third-order valence-electron chi connectivity index (χ3n) is 3.47. The molecular formula is C15H12F3NO2. The Bertz CT molecular complexity index is 668. The monoisotopic (exact) mass is 295 g/mol. The lowest BCUT2D eigenvalue weighted by atomic mass is 9.89. The van der Waals surface area contributed by atoms with Crippen molar-refractivity contribution in [2.75, 3.05) is 5.32 Å². The van der Waals surface area contributed by atoms with Crippen LogP contribution in [0.25, 0.3) is 0 Å². The molecule has 1 saturated carbocycles. The molecular weight excluding hydrogens is 283 g/mol. The lowest BCUT2D eigenvalue weighted by Crippen LogP contribution is -2.49. The maximum absolute atomic E-state index is 13.6. The number of hydrogen-bond donors (Lipinski definition) is 1. The van der Waals surface area contributed by atoms with Gasteiger partial charge in [0.15, 0.2) is 0 Å². The van der Waals surface area contributed by atoms with Crippen LogP contribution in [-0.2, 0) is 10.3 Å². The largest absolute Gasteiger partial charge is 0.445 e. The van der Waals surface area contributed by atoms with E-state index in [1.54, 1.807) is 13.0 Å². The highest BCUT2D eigenvalue weighted by Crippen LogP contribution is 2.47. The second-order valence-electron chi connectivity index (χ2n) is 5.29. The standard InChI is InChI=1S/C15H12F3NO2/c1-9-2-5-12-11(8-9)14(15(16,17)18,21-13(20)19-12)7-6-10-3-4-10/h2,5,8,10H,3-4H2,1H3,(H,19,20)/t14-/m0/s1. The molecule has 1 aromatic carbocycles. The molecule has 3 nitrogen and oxygen atoms in total. The summed E-state index contributed by atoms with van der Waals surface area (Å²) in [4.78, 5) is 11.5. The first-order valence-corrected chi connectivity index (χ1v) is 6.52. The molecule has 1 aliphatic heterocycles. The van der Waals surface area contributed by atoms with Crippen LogP contribution in [0.15, 0.2) is 18.2 Å². The fraction of sp³-hybridized carbons (Fsp3) is 0.400. The van der Waals surface area contributed by atoms with E-state index >= 15 is 0 Å². The van der Waals surface area contributed by atoms with Gasteiger partial charge in [-0.25, -0.2) is 4.79 Å². The van der Waals surface area contributed by atoms with Crippen molar-refractivity contribution in [3.05, 3.63) is 29.3 Å². The maximum Gasteiger partial charge on any atom is 0.445 e. The third-order valence-corrected chi connectivity index (χ3v) is 3.47. The minimum absolute atomic E-state index is 0.0360. The van der Waals surface area contributed by atoms with Crippen LogP contribution in [0.4, 0.5) is 23.7 Å². The molecule has 1 amide bonds. The molecule has 0 saturated heterocycles. The van der Waals surface area contributed by atoms with Gasteiger partial charge in [0.25, 0.3) is 5.60 Å². The molecule has 2 aliphatic rings. The third kappa shape index (κ3) is 2.33. The van der Waals surface area contributed by atoms with Gasteiger partial charge >= 0.3 is 12.3 Å². The van der Waals surface area contributed by atoms with Crippen LogP contribution in [0, 0.1) is 24.7 Å². The second kappa shape index (κ2) is 4.42. The number of benzene rings is 1. The molecule has 0 radical (unpaired) electrons. The molecule has 21 heavy (non-hydrogen) atoms. The number of carbonyl (C=O) groups excluding carboxylic acids is 1. The van der Waals surface area contributed by atoms with E-state index in [1.807, 2.05) is 0 Å². The Labute approximate surface area is 119 Å². The number of halogens is 3. The highest BCUT2D eigenvalue weighted by molar-refractivity contribution is 5.89. The number of ether oxygens (including phenoxy) is 1. The molecule has 0 spiro atoms. The summed E-state index contributed by atoms with van der Waals surface area (Å²) in [5.41, 5.74) is -2.34. The normalized spacial score (nSPS) is 24.3. The summed E-state index contributed by atoms with van der Waals surface area (Å²) in [6.07, 6.45) is -4.38. The number of hydrogen-bond acceptors (Lipinski definition) is 2. The minimum Gasteiger partial charge on any atom is -0.415 e. The predicted molar refractivity (Wildman–Crippen MR) is 69.5 cm³/mol. The maximum atomic E-state index is 13.6. The summed E-state index contributed by atoms with van der Waals surface area (Å²) in [5.74, 6) is 4.74. The quantitative estimate of drug-likeness (QED) is 0.741. The van der Waals surface area contributed by atoms with Crippen molar-refractivity contribution < 1.29 is 22.7 Å². The topological polar surface area (TPSA) is 38.3 Å². The molecule has 1 aromatic rings. The van der Waals surface area contributed by atoms with Gasteiger partial charge in [0.05, 0.1) is 5.69 Å². The lowest BCUT2D eigenvalue weighted by molar-refractivity contribution is -0.239. The number of cyclic esters (lactones) is 1. The number of carbonyl (C=O) groups is 1. The Balaban J connectivity index is 2.22. The summed E-state index contributed by atoms with van der Waals surface area (Å²) >= 11 is 0. The van der Waals surface area contributed by atoms with Crippen LogP contribution in [0.2, 0.25) is 0 Å². The Hall–Kier alpha value is -2.16. The summed E-state index contributed by atoms with van der Waals surface area (Å²) in [7, 11) is 0. The lowest BCUT2D eigenvalue weighted by Gasteiger charge is -2.35. The zero-order valence-corrected chi connectivity index (χ0v) is 11.2. The summed E-state index contributed by atoms with van der Waals surface area (Å²) < 4.78 is 45.6. The van der Waals surface area contributed by atoms with Gasteiger partial charge in [-0.15, -0.1) is 0 Å². The van der Waals surface area contributed by atoms with E-state index in [4.69, 9.17) is 0 Å². The van der Waals surface area contributed by atoms with Crippen molar-refractivity contribution in [3.8, 4) is 11.8 Å². The van der Waals surface area contributed by atoms with Crippen LogP contribution in [0.5, 0.6) is 0 Å². The molecule has 1 atom stereocenters. The van der Waals surface area contributed by atoms with Gasteiger partial charge in [-0.05, 0) is 37.8 Å². The molecule has 1 heterocycles. The van der Waals surface area contributed by atoms with Gasteiger partial charge in [-0.2, -0.15) is 13.2 Å². The number of alkyl halides is 3. The SMILES string of the molecule is Cc1ccc2c(c1)[C@@](C#CC1CC1)(C(F)(F)F)OC(=O)N2. The molecule has 0 bridgehead atoms. The highest BCUT2D eigenvalue weighted by Gasteiger charge is 2.62. The van der Waals surface area contributed by atoms with Gasteiger partial charge in [0.1, 0.15) is 0 Å². The fourth-order valence-electron chi connectivity index (χ4n) is 2.19. The van der Waals surface area contributed by atoms with Crippen molar-refractivity contribution >= 4 is 11.8 Å².